The third kappa shape index (κ3) is 2.86. The Labute approximate surface area is 126 Å². The van der Waals surface area contributed by atoms with Gasteiger partial charge in [0.05, 0.1) is 13.2 Å². The molecule has 1 aromatic carbocycles. The Morgan fingerprint density at radius 1 is 1.43 bits per heavy atom. The van der Waals surface area contributed by atoms with Crippen LogP contribution in [0.2, 0.25) is 0 Å². The van der Waals surface area contributed by atoms with Crippen LogP contribution in [0.25, 0.3) is 0 Å². The normalized spacial score (nSPS) is 24.9. The summed E-state index contributed by atoms with van der Waals surface area (Å²) in [4.78, 5) is 2.41. The van der Waals surface area contributed by atoms with Gasteiger partial charge in [0.1, 0.15) is 5.75 Å². The maximum absolute atomic E-state index is 14.1. The van der Waals surface area contributed by atoms with Gasteiger partial charge in [-0.1, -0.05) is 6.92 Å². The summed E-state index contributed by atoms with van der Waals surface area (Å²) in [7, 11) is 2.18. The largest absolute Gasteiger partial charge is 0.493 e. The number of benzene rings is 1. The zero-order valence-electron chi connectivity index (χ0n) is 12.9. The number of nitrogens with zero attached hydrogens (tertiary/aromatic N) is 1. The number of rotatable bonds is 5. The molecule has 0 N–H and O–H groups in total. The van der Waals surface area contributed by atoms with Crippen molar-refractivity contribution in [2.75, 3.05) is 26.8 Å². The second-order valence-corrected chi connectivity index (χ2v) is 6.16. The van der Waals surface area contributed by atoms with E-state index in [-0.39, 0.29) is 11.7 Å². The molecule has 3 nitrogen and oxygen atoms in total. The molecule has 1 saturated heterocycles. The van der Waals surface area contributed by atoms with Gasteiger partial charge in [0, 0.05) is 17.5 Å². The van der Waals surface area contributed by atoms with Crippen LogP contribution in [0.4, 0.5) is 4.39 Å². The van der Waals surface area contributed by atoms with E-state index in [9.17, 15) is 4.39 Å². The van der Waals surface area contributed by atoms with Gasteiger partial charge in [-0.15, -0.1) is 0 Å². The molecule has 0 saturated carbocycles. The highest BCUT2D eigenvalue weighted by molar-refractivity contribution is 5.50. The fraction of sp³-hybridized carbons (Fsp3) is 0.647. The Balaban J connectivity index is 1.83. The first-order valence-electron chi connectivity index (χ1n) is 7.99. The number of halogens is 1. The molecule has 2 aliphatic heterocycles. The molecule has 2 aliphatic rings. The van der Waals surface area contributed by atoms with E-state index in [1.165, 1.54) is 18.9 Å². The number of likely N-dealkylation sites (tertiary alicyclic amines) is 1. The Morgan fingerprint density at radius 2 is 2.29 bits per heavy atom. The first-order valence-corrected chi connectivity index (χ1v) is 7.99. The summed E-state index contributed by atoms with van der Waals surface area (Å²) in [5, 5.41) is 0. The standard InChI is InChI=1S/C17H24FNO2/c1-3-9-20-17-14(18)6-7-15-16(17)12(11-21-15)10-13-5-4-8-19(13)2/h6-7,12-13H,3-5,8-11H2,1-2H3/t12?,13-/m1/s1. The van der Waals surface area contributed by atoms with Gasteiger partial charge in [-0.05, 0) is 51.4 Å². The van der Waals surface area contributed by atoms with Crippen LogP contribution in [0.1, 0.15) is 44.1 Å². The maximum Gasteiger partial charge on any atom is 0.165 e. The first-order chi connectivity index (χ1) is 10.2. The number of hydrogen-bond acceptors (Lipinski definition) is 3. The van der Waals surface area contributed by atoms with E-state index in [2.05, 4.69) is 11.9 Å². The zero-order valence-corrected chi connectivity index (χ0v) is 12.9. The van der Waals surface area contributed by atoms with E-state index in [1.807, 2.05) is 6.92 Å². The summed E-state index contributed by atoms with van der Waals surface area (Å²) in [6.07, 6.45) is 4.38. The molecule has 0 bridgehead atoms. The van der Waals surface area contributed by atoms with Crippen molar-refractivity contribution in [2.45, 2.75) is 44.6 Å². The first kappa shape index (κ1) is 14.6. The molecule has 2 atom stereocenters. The topological polar surface area (TPSA) is 21.7 Å². The van der Waals surface area contributed by atoms with Crippen LogP contribution < -0.4 is 9.47 Å². The molecule has 3 rings (SSSR count). The second-order valence-electron chi connectivity index (χ2n) is 6.16. The molecule has 1 fully saturated rings. The predicted octanol–water partition coefficient (Wildman–Crippen LogP) is 3.57. The lowest BCUT2D eigenvalue weighted by molar-refractivity contribution is 0.254. The fourth-order valence-electron chi connectivity index (χ4n) is 3.48. The van der Waals surface area contributed by atoms with Crippen molar-refractivity contribution < 1.29 is 13.9 Å². The van der Waals surface area contributed by atoms with Gasteiger partial charge in [-0.25, -0.2) is 4.39 Å². The molecular formula is C17H24FNO2. The number of ether oxygens (including phenoxy) is 2. The summed E-state index contributed by atoms with van der Waals surface area (Å²) in [6.45, 7) is 4.38. The monoisotopic (exact) mass is 293 g/mol. The molecule has 1 unspecified atom stereocenters. The van der Waals surface area contributed by atoms with Crippen molar-refractivity contribution in [1.82, 2.24) is 4.90 Å². The molecule has 0 spiro atoms. The minimum Gasteiger partial charge on any atom is -0.493 e. The van der Waals surface area contributed by atoms with Crippen molar-refractivity contribution in [3.8, 4) is 11.5 Å². The third-order valence-corrected chi connectivity index (χ3v) is 4.63. The number of fused-ring (bicyclic) bond motifs is 1. The quantitative estimate of drug-likeness (QED) is 0.828. The smallest absolute Gasteiger partial charge is 0.165 e. The van der Waals surface area contributed by atoms with Gasteiger partial charge in [-0.3, -0.25) is 0 Å². The van der Waals surface area contributed by atoms with E-state index >= 15 is 0 Å². The van der Waals surface area contributed by atoms with Crippen LogP contribution in [0.3, 0.4) is 0 Å². The molecule has 21 heavy (non-hydrogen) atoms. The summed E-state index contributed by atoms with van der Waals surface area (Å²) in [5.41, 5.74) is 0.948. The summed E-state index contributed by atoms with van der Waals surface area (Å²) < 4.78 is 25.6. The van der Waals surface area contributed by atoms with Gasteiger partial charge in [0.2, 0.25) is 0 Å². The van der Waals surface area contributed by atoms with Crippen molar-refractivity contribution in [3.63, 3.8) is 0 Å². The molecule has 0 amide bonds. The van der Waals surface area contributed by atoms with Gasteiger partial charge in [0.25, 0.3) is 0 Å². The third-order valence-electron chi connectivity index (χ3n) is 4.63. The van der Waals surface area contributed by atoms with Gasteiger partial charge in [-0.2, -0.15) is 0 Å². The lowest BCUT2D eigenvalue weighted by atomic mass is 9.92. The molecular weight excluding hydrogens is 269 g/mol. The maximum atomic E-state index is 14.1. The van der Waals surface area contributed by atoms with Crippen molar-refractivity contribution in [1.29, 1.82) is 0 Å². The molecule has 0 aromatic heterocycles. The van der Waals surface area contributed by atoms with Crippen LogP contribution in [-0.2, 0) is 0 Å². The van der Waals surface area contributed by atoms with E-state index in [0.717, 1.165) is 30.7 Å². The van der Waals surface area contributed by atoms with E-state index in [4.69, 9.17) is 9.47 Å². The van der Waals surface area contributed by atoms with Crippen LogP contribution in [0.15, 0.2) is 12.1 Å². The lowest BCUT2D eigenvalue weighted by Gasteiger charge is -2.23. The number of hydrogen-bond donors (Lipinski definition) is 0. The Bertz CT molecular complexity index is 506. The molecule has 0 aliphatic carbocycles. The minimum absolute atomic E-state index is 0.244. The van der Waals surface area contributed by atoms with Crippen LogP contribution >= 0.6 is 0 Å². The fourth-order valence-corrected chi connectivity index (χ4v) is 3.48. The van der Waals surface area contributed by atoms with Crippen molar-refractivity contribution in [3.05, 3.63) is 23.5 Å². The van der Waals surface area contributed by atoms with Gasteiger partial charge < -0.3 is 14.4 Å². The zero-order chi connectivity index (χ0) is 14.8. The molecule has 0 radical (unpaired) electrons. The Hall–Kier alpha value is -1.29. The molecule has 116 valence electrons. The molecule has 4 heteroatoms. The Morgan fingerprint density at radius 3 is 3.00 bits per heavy atom. The van der Waals surface area contributed by atoms with Crippen LogP contribution in [0.5, 0.6) is 11.5 Å². The predicted molar refractivity (Wildman–Crippen MR) is 80.7 cm³/mol. The van der Waals surface area contributed by atoms with E-state index in [0.29, 0.717) is 25.0 Å². The summed E-state index contributed by atoms with van der Waals surface area (Å²) in [5.74, 6) is 1.19. The lowest BCUT2D eigenvalue weighted by Crippen LogP contribution is -2.27. The van der Waals surface area contributed by atoms with E-state index < -0.39 is 0 Å². The van der Waals surface area contributed by atoms with Crippen molar-refractivity contribution >= 4 is 0 Å². The SMILES string of the molecule is CCCOc1c(F)ccc2c1C(C[C@H]1CCCN1C)CO2. The average molecular weight is 293 g/mol. The van der Waals surface area contributed by atoms with Gasteiger partial charge >= 0.3 is 0 Å². The Kier molecular flexibility index (Phi) is 4.34. The molecule has 2 heterocycles. The second kappa shape index (κ2) is 6.22. The average Bonchev–Trinajstić information content (AvgIpc) is 3.06. The summed E-state index contributed by atoms with van der Waals surface area (Å²) in [6, 6.07) is 3.77. The van der Waals surface area contributed by atoms with Crippen molar-refractivity contribution in [2.24, 2.45) is 0 Å². The van der Waals surface area contributed by atoms with Gasteiger partial charge in [0.15, 0.2) is 11.6 Å². The molecule has 1 aromatic rings. The minimum atomic E-state index is -0.266. The highest BCUT2D eigenvalue weighted by Crippen LogP contribution is 2.45. The van der Waals surface area contributed by atoms with Crippen LogP contribution in [0, 0.1) is 5.82 Å². The van der Waals surface area contributed by atoms with E-state index in [1.54, 1.807) is 6.07 Å². The highest BCUT2D eigenvalue weighted by Gasteiger charge is 2.34. The highest BCUT2D eigenvalue weighted by atomic mass is 19.1. The van der Waals surface area contributed by atoms with Crippen LogP contribution in [-0.4, -0.2) is 37.7 Å². The summed E-state index contributed by atoms with van der Waals surface area (Å²) >= 11 is 0.